The van der Waals surface area contributed by atoms with Crippen LogP contribution in [0.15, 0.2) is 16.6 Å². The number of aromatic nitrogens is 2. The second kappa shape index (κ2) is 3.19. The van der Waals surface area contributed by atoms with E-state index in [1.807, 2.05) is 0 Å². The molecular weight excluding hydrogens is 280 g/mol. The number of aromatic amines is 1. The Hall–Kier alpha value is -1.11. The predicted molar refractivity (Wildman–Crippen MR) is 48.8 cm³/mol. The van der Waals surface area contributed by atoms with Crippen LogP contribution in [0.5, 0.6) is 0 Å². The van der Waals surface area contributed by atoms with E-state index < -0.39 is 17.8 Å². The van der Waals surface area contributed by atoms with Crippen molar-refractivity contribution in [3.8, 4) is 0 Å². The van der Waals surface area contributed by atoms with Crippen molar-refractivity contribution in [2.45, 2.75) is 6.18 Å². The van der Waals surface area contributed by atoms with Gasteiger partial charge in [-0.2, -0.15) is 13.2 Å². The molecule has 2 nitrogen and oxygen atoms in total. The minimum atomic E-state index is -4.56. The number of hydrogen-bond donors (Lipinski definition) is 1. The molecule has 0 unspecified atom stereocenters. The number of nitrogens with one attached hydrogen (secondary N) is 1. The molecule has 2 rings (SSSR count). The highest BCUT2D eigenvalue weighted by atomic mass is 79.9. The smallest absolute Gasteiger partial charge is 0.334 e. The summed E-state index contributed by atoms with van der Waals surface area (Å²) in [5.74, 6) is -1.79. The maximum absolute atomic E-state index is 13.0. The second-order valence-corrected chi connectivity index (χ2v) is 3.63. The normalized spacial score (nSPS) is 12.3. The molecule has 7 heteroatoms. The van der Waals surface area contributed by atoms with Crippen LogP contribution < -0.4 is 0 Å². The van der Waals surface area contributed by atoms with Gasteiger partial charge < -0.3 is 4.98 Å². The van der Waals surface area contributed by atoms with Gasteiger partial charge in [0, 0.05) is 0 Å². The Kier molecular flexibility index (Phi) is 2.22. The van der Waals surface area contributed by atoms with Crippen LogP contribution in [0.25, 0.3) is 11.0 Å². The Bertz CT molecular complexity index is 517. The molecule has 0 aliphatic rings. The molecule has 80 valence electrons. The number of H-pyrrole nitrogens is 1. The fraction of sp³-hybridized carbons (Fsp3) is 0.125. The number of benzene rings is 1. The van der Waals surface area contributed by atoms with Crippen LogP contribution in [-0.4, -0.2) is 9.97 Å². The fourth-order valence-electron chi connectivity index (χ4n) is 1.15. The minimum Gasteiger partial charge on any atom is -0.334 e. The maximum Gasteiger partial charge on any atom is 0.449 e. The number of hydrogen-bond acceptors (Lipinski definition) is 1. The lowest BCUT2D eigenvalue weighted by atomic mass is 10.3. The SMILES string of the molecule is Fc1ccc2[nH]c(C(F)(F)F)nc2c1Br. The summed E-state index contributed by atoms with van der Waals surface area (Å²) in [5.41, 5.74) is 0.0675. The minimum absolute atomic E-state index is 0.0673. The standard InChI is InChI=1S/C8H3BrF4N2/c9-5-3(10)1-2-4-6(5)15-7(14-4)8(11,12)13/h1-2H,(H,14,15). The quantitative estimate of drug-likeness (QED) is 0.737. The van der Waals surface area contributed by atoms with Crippen molar-refractivity contribution in [3.05, 3.63) is 28.2 Å². The van der Waals surface area contributed by atoms with Crippen molar-refractivity contribution in [1.29, 1.82) is 0 Å². The molecule has 0 radical (unpaired) electrons. The van der Waals surface area contributed by atoms with Crippen molar-refractivity contribution in [2.24, 2.45) is 0 Å². The van der Waals surface area contributed by atoms with Crippen LogP contribution in [-0.2, 0) is 6.18 Å². The van der Waals surface area contributed by atoms with Crippen molar-refractivity contribution in [3.63, 3.8) is 0 Å². The highest BCUT2D eigenvalue weighted by Crippen LogP contribution is 2.31. The molecule has 0 fully saturated rings. The van der Waals surface area contributed by atoms with Gasteiger partial charge in [-0.1, -0.05) is 0 Å². The first kappa shape index (κ1) is 10.4. The molecule has 0 aliphatic carbocycles. The van der Waals surface area contributed by atoms with Gasteiger partial charge in [-0.15, -0.1) is 0 Å². The largest absolute Gasteiger partial charge is 0.449 e. The number of alkyl halides is 3. The van der Waals surface area contributed by atoms with Crippen molar-refractivity contribution < 1.29 is 17.6 Å². The van der Waals surface area contributed by atoms with Gasteiger partial charge in [0.15, 0.2) is 0 Å². The number of imidazole rings is 1. The summed E-state index contributed by atoms with van der Waals surface area (Å²) in [5, 5.41) is 0. The first-order valence-electron chi connectivity index (χ1n) is 3.80. The van der Waals surface area contributed by atoms with Gasteiger partial charge in [0.05, 0.1) is 9.99 Å². The van der Waals surface area contributed by atoms with Gasteiger partial charge in [-0.3, -0.25) is 0 Å². The van der Waals surface area contributed by atoms with E-state index >= 15 is 0 Å². The number of nitrogens with zero attached hydrogens (tertiary/aromatic N) is 1. The van der Waals surface area contributed by atoms with E-state index in [1.54, 1.807) is 0 Å². The van der Waals surface area contributed by atoms with Crippen LogP contribution in [0.2, 0.25) is 0 Å². The Morgan fingerprint density at radius 2 is 1.93 bits per heavy atom. The average Bonchev–Trinajstić information content (AvgIpc) is 2.55. The molecule has 0 atom stereocenters. The van der Waals surface area contributed by atoms with Gasteiger partial charge in [-0.05, 0) is 28.1 Å². The highest BCUT2D eigenvalue weighted by Gasteiger charge is 2.35. The summed E-state index contributed by atoms with van der Waals surface area (Å²) >= 11 is 2.84. The summed E-state index contributed by atoms with van der Waals surface area (Å²) < 4.78 is 49.7. The molecule has 0 saturated carbocycles. The van der Waals surface area contributed by atoms with Crippen LogP contribution in [0.1, 0.15) is 5.82 Å². The molecule has 1 aromatic carbocycles. The van der Waals surface area contributed by atoms with Gasteiger partial charge >= 0.3 is 6.18 Å². The van der Waals surface area contributed by atoms with E-state index in [-0.39, 0.29) is 15.5 Å². The zero-order valence-corrected chi connectivity index (χ0v) is 8.58. The lowest BCUT2D eigenvalue weighted by Gasteiger charge is -1.98. The zero-order chi connectivity index (χ0) is 11.2. The van der Waals surface area contributed by atoms with Crippen LogP contribution in [0, 0.1) is 5.82 Å². The molecule has 0 bridgehead atoms. The van der Waals surface area contributed by atoms with Crippen molar-refractivity contribution in [2.75, 3.05) is 0 Å². The molecule has 15 heavy (non-hydrogen) atoms. The maximum atomic E-state index is 13.0. The van der Waals surface area contributed by atoms with Crippen LogP contribution in [0.4, 0.5) is 17.6 Å². The van der Waals surface area contributed by atoms with E-state index in [9.17, 15) is 17.6 Å². The lowest BCUT2D eigenvalue weighted by Crippen LogP contribution is -2.06. The van der Waals surface area contributed by atoms with Crippen LogP contribution >= 0.6 is 15.9 Å². The van der Waals surface area contributed by atoms with E-state index in [4.69, 9.17) is 0 Å². The molecule has 0 saturated heterocycles. The van der Waals surface area contributed by atoms with Crippen LogP contribution in [0.3, 0.4) is 0 Å². The van der Waals surface area contributed by atoms with E-state index in [0.717, 1.165) is 6.07 Å². The Morgan fingerprint density at radius 3 is 2.53 bits per heavy atom. The third kappa shape index (κ3) is 1.71. The molecule has 0 spiro atoms. The zero-order valence-electron chi connectivity index (χ0n) is 6.99. The van der Waals surface area contributed by atoms with Gasteiger partial charge in [0.1, 0.15) is 11.3 Å². The van der Waals surface area contributed by atoms with Crippen molar-refractivity contribution in [1.82, 2.24) is 9.97 Å². The first-order chi connectivity index (χ1) is 6.89. The van der Waals surface area contributed by atoms with Crippen molar-refractivity contribution >= 4 is 27.0 Å². The molecule has 0 amide bonds. The van der Waals surface area contributed by atoms with E-state index in [1.165, 1.54) is 6.07 Å². The topological polar surface area (TPSA) is 28.7 Å². The molecule has 2 aromatic rings. The summed E-state index contributed by atoms with van der Waals surface area (Å²) in [4.78, 5) is 5.35. The average molecular weight is 283 g/mol. The molecule has 0 aliphatic heterocycles. The number of rotatable bonds is 0. The van der Waals surface area contributed by atoms with Gasteiger partial charge in [0.25, 0.3) is 0 Å². The summed E-state index contributed by atoms with van der Waals surface area (Å²) in [6.07, 6.45) is -4.56. The molecular formula is C8H3BrF4N2. The van der Waals surface area contributed by atoms with E-state index in [0.29, 0.717) is 0 Å². The second-order valence-electron chi connectivity index (χ2n) is 2.84. The predicted octanol–water partition coefficient (Wildman–Crippen LogP) is 3.48. The summed E-state index contributed by atoms with van der Waals surface area (Å²) in [6, 6.07) is 2.27. The summed E-state index contributed by atoms with van der Waals surface area (Å²) in [6.45, 7) is 0. The fourth-order valence-corrected chi connectivity index (χ4v) is 1.59. The molecule has 1 N–H and O–H groups in total. The Labute approximate surface area is 89.4 Å². The Morgan fingerprint density at radius 1 is 1.27 bits per heavy atom. The molecule has 1 heterocycles. The third-order valence-corrected chi connectivity index (χ3v) is 2.57. The molecule has 1 aromatic heterocycles. The lowest BCUT2D eigenvalue weighted by molar-refractivity contribution is -0.144. The van der Waals surface area contributed by atoms with Gasteiger partial charge in [-0.25, -0.2) is 9.37 Å². The van der Waals surface area contributed by atoms with Gasteiger partial charge in [0.2, 0.25) is 5.82 Å². The third-order valence-electron chi connectivity index (χ3n) is 1.81. The monoisotopic (exact) mass is 282 g/mol. The first-order valence-corrected chi connectivity index (χ1v) is 4.60. The number of halogens is 5. The highest BCUT2D eigenvalue weighted by molar-refractivity contribution is 9.10. The Balaban J connectivity index is 2.72. The number of fused-ring (bicyclic) bond motifs is 1. The summed E-state index contributed by atoms with van der Waals surface area (Å²) in [7, 11) is 0. The van der Waals surface area contributed by atoms with E-state index in [2.05, 4.69) is 25.9 Å².